The molecule has 2 aromatic rings. The van der Waals surface area contributed by atoms with E-state index in [9.17, 15) is 4.39 Å². The minimum Gasteiger partial charge on any atom is -0.350 e. The first-order valence-electron chi connectivity index (χ1n) is 7.02. The second-order valence-corrected chi connectivity index (χ2v) is 5.03. The zero-order valence-electron chi connectivity index (χ0n) is 13.1. The highest BCUT2D eigenvalue weighted by Crippen LogP contribution is 2.16. The van der Waals surface area contributed by atoms with Gasteiger partial charge in [-0.15, -0.1) is 0 Å². The Labute approximate surface area is 128 Å². The van der Waals surface area contributed by atoms with Crippen LogP contribution in [0.15, 0.2) is 27.7 Å². The van der Waals surface area contributed by atoms with Gasteiger partial charge in [0.25, 0.3) is 0 Å². The van der Waals surface area contributed by atoms with Gasteiger partial charge < -0.3 is 15.2 Å². The molecule has 0 amide bonds. The van der Waals surface area contributed by atoms with E-state index in [0.717, 1.165) is 5.56 Å². The SMILES string of the molecule is CN=C(NCc1noc(C)n1)NC(C)c1ccc(C)c(F)c1. The molecule has 0 aliphatic carbocycles. The van der Waals surface area contributed by atoms with Crippen LogP contribution in [0.5, 0.6) is 0 Å². The standard InChI is InChI=1S/C15H20FN5O/c1-9-5-6-12(7-13(9)16)10(2)19-15(17-4)18-8-14-20-11(3)22-21-14/h5-7,10H,8H2,1-4H3,(H2,17,18,19). The third kappa shape index (κ3) is 4.03. The Morgan fingerprint density at radius 2 is 2.18 bits per heavy atom. The molecule has 1 aromatic heterocycles. The molecule has 0 fully saturated rings. The predicted octanol–water partition coefficient (Wildman–Crippen LogP) is 2.25. The maximum atomic E-state index is 13.6. The smallest absolute Gasteiger partial charge is 0.223 e. The normalized spacial score (nSPS) is 13.0. The lowest BCUT2D eigenvalue weighted by Crippen LogP contribution is -2.38. The van der Waals surface area contributed by atoms with Crippen molar-refractivity contribution in [3.05, 3.63) is 46.9 Å². The molecule has 0 bridgehead atoms. The van der Waals surface area contributed by atoms with Crippen LogP contribution in [-0.4, -0.2) is 23.1 Å². The van der Waals surface area contributed by atoms with Crippen molar-refractivity contribution >= 4 is 5.96 Å². The molecule has 22 heavy (non-hydrogen) atoms. The predicted molar refractivity (Wildman–Crippen MR) is 81.9 cm³/mol. The van der Waals surface area contributed by atoms with Crippen molar-refractivity contribution in [1.29, 1.82) is 0 Å². The molecule has 1 aromatic carbocycles. The Bertz CT molecular complexity index is 668. The van der Waals surface area contributed by atoms with Gasteiger partial charge in [-0.05, 0) is 31.0 Å². The molecule has 0 radical (unpaired) electrons. The quantitative estimate of drug-likeness (QED) is 0.669. The van der Waals surface area contributed by atoms with Gasteiger partial charge in [0.15, 0.2) is 11.8 Å². The Morgan fingerprint density at radius 1 is 1.41 bits per heavy atom. The maximum absolute atomic E-state index is 13.6. The molecule has 0 aliphatic heterocycles. The van der Waals surface area contributed by atoms with Gasteiger partial charge in [-0.2, -0.15) is 4.98 Å². The fourth-order valence-electron chi connectivity index (χ4n) is 1.94. The van der Waals surface area contributed by atoms with Crippen molar-refractivity contribution in [3.63, 3.8) is 0 Å². The van der Waals surface area contributed by atoms with E-state index in [4.69, 9.17) is 4.52 Å². The van der Waals surface area contributed by atoms with E-state index in [2.05, 4.69) is 25.8 Å². The molecule has 0 saturated heterocycles. The van der Waals surface area contributed by atoms with Crippen molar-refractivity contribution in [2.45, 2.75) is 33.4 Å². The van der Waals surface area contributed by atoms with Crippen LogP contribution in [0.1, 0.15) is 35.8 Å². The number of hydrogen-bond acceptors (Lipinski definition) is 4. The van der Waals surface area contributed by atoms with Crippen LogP contribution in [-0.2, 0) is 6.54 Å². The zero-order chi connectivity index (χ0) is 16.1. The topological polar surface area (TPSA) is 75.3 Å². The number of aryl methyl sites for hydroxylation is 2. The van der Waals surface area contributed by atoms with Gasteiger partial charge >= 0.3 is 0 Å². The number of benzene rings is 1. The van der Waals surface area contributed by atoms with Crippen LogP contribution in [0.3, 0.4) is 0 Å². The van der Waals surface area contributed by atoms with Crippen LogP contribution in [0.25, 0.3) is 0 Å². The second-order valence-electron chi connectivity index (χ2n) is 5.03. The average molecular weight is 305 g/mol. The van der Waals surface area contributed by atoms with Crippen molar-refractivity contribution in [2.24, 2.45) is 4.99 Å². The first-order valence-corrected chi connectivity index (χ1v) is 7.02. The Hall–Kier alpha value is -2.44. The van der Waals surface area contributed by atoms with Gasteiger partial charge in [0.1, 0.15) is 5.82 Å². The molecule has 0 aliphatic rings. The molecule has 0 spiro atoms. The van der Waals surface area contributed by atoms with E-state index in [1.54, 1.807) is 27.0 Å². The summed E-state index contributed by atoms with van der Waals surface area (Å²) in [7, 11) is 1.67. The van der Waals surface area contributed by atoms with Crippen molar-refractivity contribution in [3.8, 4) is 0 Å². The molecule has 1 unspecified atom stereocenters. The first kappa shape index (κ1) is 15.9. The summed E-state index contributed by atoms with van der Waals surface area (Å²) in [4.78, 5) is 8.23. The third-order valence-corrected chi connectivity index (χ3v) is 3.26. The summed E-state index contributed by atoms with van der Waals surface area (Å²) in [5, 5.41) is 10.1. The molecule has 118 valence electrons. The van der Waals surface area contributed by atoms with E-state index >= 15 is 0 Å². The van der Waals surface area contributed by atoms with Gasteiger partial charge in [0.05, 0.1) is 12.6 Å². The minimum atomic E-state index is -0.212. The van der Waals surface area contributed by atoms with Gasteiger partial charge in [0.2, 0.25) is 5.89 Å². The molecule has 1 heterocycles. The molecule has 2 rings (SSSR count). The van der Waals surface area contributed by atoms with Gasteiger partial charge in [-0.3, -0.25) is 4.99 Å². The number of guanidine groups is 1. The lowest BCUT2D eigenvalue weighted by Gasteiger charge is -2.18. The summed E-state index contributed by atoms with van der Waals surface area (Å²) in [6, 6.07) is 5.10. The fraction of sp³-hybridized carbons (Fsp3) is 0.400. The molecular formula is C15H20FN5O. The summed E-state index contributed by atoms with van der Waals surface area (Å²) < 4.78 is 18.5. The molecule has 7 heteroatoms. The van der Waals surface area contributed by atoms with E-state index in [1.807, 2.05) is 13.0 Å². The summed E-state index contributed by atoms with van der Waals surface area (Å²) in [5.41, 5.74) is 1.48. The van der Waals surface area contributed by atoms with Crippen molar-refractivity contribution in [2.75, 3.05) is 7.05 Å². The van der Waals surface area contributed by atoms with Gasteiger partial charge in [-0.1, -0.05) is 17.3 Å². The molecule has 6 nitrogen and oxygen atoms in total. The third-order valence-electron chi connectivity index (χ3n) is 3.26. The van der Waals surface area contributed by atoms with Crippen LogP contribution >= 0.6 is 0 Å². The summed E-state index contributed by atoms with van der Waals surface area (Å²) in [5.74, 6) is 1.44. The molecule has 2 N–H and O–H groups in total. The van der Waals surface area contributed by atoms with E-state index in [-0.39, 0.29) is 11.9 Å². The van der Waals surface area contributed by atoms with Crippen LogP contribution in [0.4, 0.5) is 4.39 Å². The lowest BCUT2D eigenvalue weighted by atomic mass is 10.1. The largest absolute Gasteiger partial charge is 0.350 e. The maximum Gasteiger partial charge on any atom is 0.223 e. The first-order chi connectivity index (χ1) is 10.5. The van der Waals surface area contributed by atoms with E-state index in [0.29, 0.717) is 29.8 Å². The number of nitrogens with one attached hydrogen (secondary N) is 2. The Kier molecular flexibility index (Phi) is 5.08. The fourth-order valence-corrected chi connectivity index (χ4v) is 1.94. The number of aliphatic imine (C=N–C) groups is 1. The second kappa shape index (κ2) is 7.02. The highest BCUT2D eigenvalue weighted by molar-refractivity contribution is 5.80. The molecular weight excluding hydrogens is 285 g/mol. The number of aromatic nitrogens is 2. The summed E-state index contributed by atoms with van der Waals surface area (Å²) in [6.45, 7) is 5.81. The number of rotatable bonds is 4. The Balaban J connectivity index is 1.95. The van der Waals surface area contributed by atoms with Crippen LogP contribution in [0.2, 0.25) is 0 Å². The van der Waals surface area contributed by atoms with Gasteiger partial charge in [-0.25, -0.2) is 4.39 Å². The molecule has 0 saturated carbocycles. The van der Waals surface area contributed by atoms with Crippen LogP contribution in [0, 0.1) is 19.7 Å². The Morgan fingerprint density at radius 3 is 2.77 bits per heavy atom. The average Bonchev–Trinajstić information content (AvgIpc) is 2.91. The zero-order valence-corrected chi connectivity index (χ0v) is 13.1. The minimum absolute atomic E-state index is 0.0895. The van der Waals surface area contributed by atoms with E-state index < -0.39 is 0 Å². The van der Waals surface area contributed by atoms with Crippen molar-refractivity contribution in [1.82, 2.24) is 20.8 Å². The highest BCUT2D eigenvalue weighted by atomic mass is 19.1. The number of nitrogens with zero attached hydrogens (tertiary/aromatic N) is 3. The van der Waals surface area contributed by atoms with E-state index in [1.165, 1.54) is 6.07 Å². The highest BCUT2D eigenvalue weighted by Gasteiger charge is 2.10. The number of halogens is 1. The van der Waals surface area contributed by atoms with Gasteiger partial charge in [0, 0.05) is 14.0 Å². The summed E-state index contributed by atoms with van der Waals surface area (Å²) >= 11 is 0. The molecule has 1 atom stereocenters. The lowest BCUT2D eigenvalue weighted by molar-refractivity contribution is 0.386. The van der Waals surface area contributed by atoms with Crippen LogP contribution < -0.4 is 10.6 Å². The number of hydrogen-bond donors (Lipinski definition) is 2. The van der Waals surface area contributed by atoms with Crippen molar-refractivity contribution < 1.29 is 8.91 Å². The summed E-state index contributed by atoms with van der Waals surface area (Å²) in [6.07, 6.45) is 0. The monoisotopic (exact) mass is 305 g/mol.